The number of ether oxygens (including phenoxy) is 2. The molecule has 0 saturated heterocycles. The number of amides is 1. The zero-order valence-corrected chi connectivity index (χ0v) is 22.4. The molecule has 0 aliphatic rings. The van der Waals surface area contributed by atoms with Crippen molar-refractivity contribution in [3.63, 3.8) is 0 Å². The maximum absolute atomic E-state index is 14.1. The Balaban J connectivity index is 0.000000369. The standard InChI is InChI=1S/C16H17F2N5O5.C9H10F3NO/c1-2-28-16(27)14(25)19-12-4-6-22(15(26)13(12)18)5-3-10(17)7-23-8-11(9-24)20-21-23;1-13-6-7-3-2-4-8(5-7)14-9(10,11)12/h4,6,8-10H,2-3,5,7H2,1H3,(H,19,25);2-5,13H,6H2,1H3. The van der Waals surface area contributed by atoms with Crippen LogP contribution in [0.5, 0.6) is 5.75 Å². The first kappa shape index (κ1) is 33.5. The van der Waals surface area contributed by atoms with Crippen LogP contribution in [0.3, 0.4) is 0 Å². The zero-order valence-electron chi connectivity index (χ0n) is 22.4. The number of hydrogen-bond donors (Lipinski definition) is 2. The third kappa shape index (κ3) is 11.1. The Kier molecular flexibility index (Phi) is 12.7. The lowest BCUT2D eigenvalue weighted by Gasteiger charge is -2.11. The molecule has 2 heterocycles. The van der Waals surface area contributed by atoms with Crippen molar-refractivity contribution in [3.05, 3.63) is 70.2 Å². The number of carbonyl (C=O) groups is 3. The van der Waals surface area contributed by atoms with Crippen molar-refractivity contribution in [1.29, 1.82) is 0 Å². The fourth-order valence-electron chi connectivity index (χ4n) is 3.28. The number of anilines is 1. The van der Waals surface area contributed by atoms with Crippen LogP contribution in [-0.2, 0) is 34.0 Å². The van der Waals surface area contributed by atoms with Crippen LogP contribution in [0.15, 0.2) is 47.5 Å². The Morgan fingerprint density at radius 1 is 1.21 bits per heavy atom. The van der Waals surface area contributed by atoms with Crippen LogP contribution in [0.1, 0.15) is 29.4 Å². The van der Waals surface area contributed by atoms with E-state index in [9.17, 15) is 41.1 Å². The average Bonchev–Trinajstić information content (AvgIpc) is 3.38. The summed E-state index contributed by atoms with van der Waals surface area (Å²) in [4.78, 5) is 45.3. The number of alkyl halides is 4. The van der Waals surface area contributed by atoms with Crippen LogP contribution in [-0.4, -0.2) is 63.9 Å². The quantitative estimate of drug-likeness (QED) is 0.146. The molecule has 1 aromatic carbocycles. The highest BCUT2D eigenvalue weighted by Crippen LogP contribution is 2.23. The third-order valence-corrected chi connectivity index (χ3v) is 5.07. The van der Waals surface area contributed by atoms with E-state index in [0.29, 0.717) is 12.8 Å². The minimum Gasteiger partial charge on any atom is -0.459 e. The van der Waals surface area contributed by atoms with Gasteiger partial charge in [0.15, 0.2) is 6.29 Å². The molecule has 0 aliphatic heterocycles. The molecule has 228 valence electrons. The van der Waals surface area contributed by atoms with Crippen LogP contribution in [0.2, 0.25) is 0 Å². The molecule has 1 amide bonds. The van der Waals surface area contributed by atoms with Gasteiger partial charge in [0.2, 0.25) is 5.82 Å². The summed E-state index contributed by atoms with van der Waals surface area (Å²) in [5, 5.41) is 11.8. The first-order valence-electron chi connectivity index (χ1n) is 12.2. The van der Waals surface area contributed by atoms with Gasteiger partial charge in [-0.05, 0) is 44.2 Å². The molecular formula is C25H27F5N6O6. The van der Waals surface area contributed by atoms with E-state index in [0.717, 1.165) is 20.9 Å². The highest BCUT2D eigenvalue weighted by atomic mass is 19.4. The Morgan fingerprint density at radius 3 is 2.57 bits per heavy atom. The molecule has 0 radical (unpaired) electrons. The maximum Gasteiger partial charge on any atom is 0.573 e. The molecule has 2 N–H and O–H groups in total. The summed E-state index contributed by atoms with van der Waals surface area (Å²) < 4.78 is 73.9. The minimum atomic E-state index is -4.63. The predicted molar refractivity (Wildman–Crippen MR) is 137 cm³/mol. The highest BCUT2D eigenvalue weighted by Gasteiger charge is 2.31. The molecule has 0 bridgehead atoms. The number of aryl methyl sites for hydroxylation is 1. The second-order valence-corrected chi connectivity index (χ2v) is 8.31. The normalized spacial score (nSPS) is 11.6. The molecule has 3 rings (SSSR count). The third-order valence-electron chi connectivity index (χ3n) is 5.07. The molecule has 1 unspecified atom stereocenters. The van der Waals surface area contributed by atoms with Crippen molar-refractivity contribution in [2.24, 2.45) is 0 Å². The second kappa shape index (κ2) is 15.9. The summed E-state index contributed by atoms with van der Waals surface area (Å²) in [6, 6.07) is 6.94. The van der Waals surface area contributed by atoms with E-state index in [1.807, 2.05) is 5.32 Å². The van der Waals surface area contributed by atoms with Gasteiger partial charge in [-0.2, -0.15) is 4.39 Å². The lowest BCUT2D eigenvalue weighted by Crippen LogP contribution is -2.29. The molecular weight excluding hydrogens is 575 g/mol. The number of nitrogens with one attached hydrogen (secondary N) is 2. The monoisotopic (exact) mass is 602 g/mol. The van der Waals surface area contributed by atoms with Crippen molar-refractivity contribution in [1.82, 2.24) is 24.9 Å². The molecule has 0 fully saturated rings. The van der Waals surface area contributed by atoms with Crippen LogP contribution in [0, 0.1) is 5.82 Å². The Hall–Kier alpha value is -4.67. The van der Waals surface area contributed by atoms with E-state index in [1.54, 1.807) is 13.1 Å². The summed E-state index contributed by atoms with van der Waals surface area (Å²) in [6.45, 7) is 1.64. The molecule has 2 aromatic heterocycles. The molecule has 0 spiro atoms. The van der Waals surface area contributed by atoms with Gasteiger partial charge in [0.05, 0.1) is 25.0 Å². The van der Waals surface area contributed by atoms with E-state index in [1.165, 1.54) is 37.5 Å². The van der Waals surface area contributed by atoms with Crippen molar-refractivity contribution in [3.8, 4) is 5.75 Å². The van der Waals surface area contributed by atoms with Crippen molar-refractivity contribution < 1.29 is 45.8 Å². The summed E-state index contributed by atoms with van der Waals surface area (Å²) >= 11 is 0. The van der Waals surface area contributed by atoms with Gasteiger partial charge in [0.25, 0.3) is 5.56 Å². The first-order valence-corrected chi connectivity index (χ1v) is 12.2. The number of aromatic nitrogens is 4. The van der Waals surface area contributed by atoms with E-state index < -0.39 is 41.5 Å². The number of esters is 1. The predicted octanol–water partition coefficient (Wildman–Crippen LogP) is 2.63. The average molecular weight is 603 g/mol. The minimum absolute atomic E-state index is 0.0359. The number of hydrogen-bond acceptors (Lipinski definition) is 9. The van der Waals surface area contributed by atoms with E-state index in [4.69, 9.17) is 0 Å². The first-order chi connectivity index (χ1) is 19.9. The molecule has 3 aromatic rings. The lowest BCUT2D eigenvalue weighted by atomic mass is 10.2. The summed E-state index contributed by atoms with van der Waals surface area (Å²) in [5.41, 5.74) is -0.766. The number of rotatable bonds is 11. The van der Waals surface area contributed by atoms with Gasteiger partial charge in [-0.25, -0.2) is 13.9 Å². The van der Waals surface area contributed by atoms with Crippen LogP contribution >= 0.6 is 0 Å². The number of carbonyl (C=O) groups excluding carboxylic acids is 3. The molecule has 1 atom stereocenters. The van der Waals surface area contributed by atoms with Crippen LogP contribution < -0.4 is 20.9 Å². The van der Waals surface area contributed by atoms with Crippen molar-refractivity contribution in [2.75, 3.05) is 19.0 Å². The van der Waals surface area contributed by atoms with Gasteiger partial charge >= 0.3 is 18.2 Å². The zero-order chi connectivity index (χ0) is 31.3. The molecule has 0 saturated carbocycles. The number of halogens is 5. The Morgan fingerprint density at radius 2 is 1.95 bits per heavy atom. The SMILES string of the molecule is CCOC(=O)C(=O)Nc1ccn(CCC(F)Cn2cc(C=O)nn2)c(=O)c1F.CNCc1cccc(OC(F)(F)F)c1. The van der Waals surface area contributed by atoms with Crippen LogP contribution in [0.25, 0.3) is 0 Å². The number of nitrogens with zero attached hydrogens (tertiary/aromatic N) is 4. The summed E-state index contributed by atoms with van der Waals surface area (Å²) in [6.07, 6.45) is -3.28. The molecule has 12 nitrogen and oxygen atoms in total. The van der Waals surface area contributed by atoms with Gasteiger partial charge in [-0.1, -0.05) is 17.3 Å². The van der Waals surface area contributed by atoms with Gasteiger partial charge in [0, 0.05) is 19.3 Å². The molecule has 17 heteroatoms. The number of benzene rings is 1. The largest absolute Gasteiger partial charge is 0.573 e. The molecule has 42 heavy (non-hydrogen) atoms. The topological polar surface area (TPSA) is 146 Å². The number of aldehydes is 1. The van der Waals surface area contributed by atoms with E-state index in [2.05, 4.69) is 25.1 Å². The highest BCUT2D eigenvalue weighted by molar-refractivity contribution is 6.37. The summed E-state index contributed by atoms with van der Waals surface area (Å²) in [7, 11) is 1.72. The fourth-order valence-corrected chi connectivity index (χ4v) is 3.28. The second-order valence-electron chi connectivity index (χ2n) is 8.31. The Bertz CT molecular complexity index is 1410. The smallest absolute Gasteiger partial charge is 0.459 e. The fraction of sp³-hybridized carbons (Fsp3) is 0.360. The van der Waals surface area contributed by atoms with Gasteiger partial charge < -0.3 is 24.7 Å². The Labute approximate surface area is 235 Å². The van der Waals surface area contributed by atoms with E-state index in [-0.39, 0.29) is 37.6 Å². The van der Waals surface area contributed by atoms with Crippen molar-refractivity contribution in [2.45, 2.75) is 45.5 Å². The van der Waals surface area contributed by atoms with Crippen LogP contribution in [0.4, 0.5) is 27.6 Å². The molecule has 0 aliphatic carbocycles. The van der Waals surface area contributed by atoms with Crippen molar-refractivity contribution >= 4 is 23.9 Å². The summed E-state index contributed by atoms with van der Waals surface area (Å²) in [5.74, 6) is -3.91. The number of pyridine rings is 1. The van der Waals surface area contributed by atoms with Gasteiger partial charge in [0.1, 0.15) is 17.6 Å². The van der Waals surface area contributed by atoms with Gasteiger partial charge in [-0.3, -0.25) is 14.4 Å². The van der Waals surface area contributed by atoms with Gasteiger partial charge in [-0.15, -0.1) is 18.3 Å². The lowest BCUT2D eigenvalue weighted by molar-refractivity contribution is -0.274. The maximum atomic E-state index is 14.1. The van der Waals surface area contributed by atoms with E-state index >= 15 is 0 Å².